The van der Waals surface area contributed by atoms with Crippen LogP contribution in [0.5, 0.6) is 0 Å². The fraction of sp³-hybridized carbons (Fsp3) is 0.353. The Morgan fingerprint density at radius 2 is 2.04 bits per heavy atom. The van der Waals surface area contributed by atoms with Crippen LogP contribution in [-0.2, 0) is 39.4 Å². The van der Waals surface area contributed by atoms with E-state index in [9.17, 15) is 14.4 Å². The third-order valence-electron chi connectivity index (χ3n) is 4.70. The molecular weight excluding hydrogens is 366 g/mol. The van der Waals surface area contributed by atoms with Crippen molar-refractivity contribution in [2.24, 2.45) is 0 Å². The second-order valence-electron chi connectivity index (χ2n) is 6.05. The number of benzene rings is 1. The summed E-state index contributed by atoms with van der Waals surface area (Å²) in [5, 5.41) is 0.252. The number of nitrogens with zero attached hydrogens (tertiary/aromatic N) is 1. The molecule has 0 N–H and O–H groups in total. The van der Waals surface area contributed by atoms with Gasteiger partial charge in [-0.25, -0.2) is 9.59 Å². The van der Waals surface area contributed by atoms with E-state index in [1.807, 2.05) is 0 Å². The highest BCUT2D eigenvalue weighted by Gasteiger charge is 2.65. The van der Waals surface area contributed by atoms with Crippen molar-refractivity contribution in [2.45, 2.75) is 30.7 Å². The van der Waals surface area contributed by atoms with Crippen LogP contribution in [0.1, 0.15) is 18.4 Å². The predicted octanol–water partition coefficient (Wildman–Crippen LogP) is 1.43. The Morgan fingerprint density at radius 3 is 2.77 bits per heavy atom. The Hall–Kier alpha value is -2.58. The first-order valence-electron chi connectivity index (χ1n) is 7.92. The maximum absolute atomic E-state index is 12.7. The van der Waals surface area contributed by atoms with Crippen LogP contribution in [0.4, 0.5) is 0 Å². The number of halogens is 1. The molecule has 2 saturated heterocycles. The second-order valence-corrected chi connectivity index (χ2v) is 6.46. The van der Waals surface area contributed by atoms with Crippen LogP contribution in [0.2, 0.25) is 5.02 Å². The normalized spacial score (nSPS) is 30.6. The van der Waals surface area contributed by atoms with Gasteiger partial charge < -0.3 is 9.47 Å². The van der Waals surface area contributed by atoms with Gasteiger partial charge in [0.05, 0.1) is 13.2 Å². The van der Waals surface area contributed by atoms with E-state index in [-0.39, 0.29) is 29.5 Å². The first-order valence-corrected chi connectivity index (χ1v) is 8.29. The Kier molecular flexibility index (Phi) is 3.89. The SMILES string of the molecule is COC1=CC(=O)OC1C1(c2ccccc2Cl)OOC(=O)[C@@H]2CCC(=O)N21. The highest BCUT2D eigenvalue weighted by atomic mass is 35.5. The van der Waals surface area contributed by atoms with E-state index >= 15 is 0 Å². The fourth-order valence-electron chi connectivity index (χ4n) is 3.60. The molecule has 0 aromatic heterocycles. The molecule has 0 bridgehead atoms. The molecule has 9 heteroatoms. The van der Waals surface area contributed by atoms with Crippen LogP contribution in [0.15, 0.2) is 36.1 Å². The van der Waals surface area contributed by atoms with Crippen molar-refractivity contribution in [3.63, 3.8) is 0 Å². The average Bonchev–Trinajstić information content (AvgIpc) is 3.21. The number of amides is 1. The predicted molar refractivity (Wildman–Crippen MR) is 85.1 cm³/mol. The van der Waals surface area contributed by atoms with Gasteiger partial charge in [-0.15, -0.1) is 4.89 Å². The van der Waals surface area contributed by atoms with Crippen molar-refractivity contribution >= 4 is 29.4 Å². The van der Waals surface area contributed by atoms with Crippen LogP contribution in [-0.4, -0.2) is 42.0 Å². The Balaban J connectivity index is 1.95. The number of fused-ring (bicyclic) bond motifs is 1. The summed E-state index contributed by atoms with van der Waals surface area (Å²) < 4.78 is 10.6. The molecular formula is C17H14ClNO7. The minimum Gasteiger partial charge on any atom is -0.497 e. The van der Waals surface area contributed by atoms with Gasteiger partial charge >= 0.3 is 11.9 Å². The van der Waals surface area contributed by atoms with E-state index in [4.69, 9.17) is 30.8 Å². The first kappa shape index (κ1) is 16.9. The summed E-state index contributed by atoms with van der Waals surface area (Å²) in [5.74, 6) is -1.57. The van der Waals surface area contributed by atoms with Crippen LogP contribution in [0.25, 0.3) is 0 Å². The summed E-state index contributed by atoms with van der Waals surface area (Å²) in [5.41, 5.74) is -1.46. The second kappa shape index (κ2) is 6.00. The van der Waals surface area contributed by atoms with Gasteiger partial charge in [-0.2, -0.15) is 0 Å². The molecule has 3 aliphatic rings. The lowest BCUT2D eigenvalue weighted by molar-refractivity contribution is -0.412. The molecule has 0 saturated carbocycles. The molecule has 3 atom stereocenters. The van der Waals surface area contributed by atoms with Crippen molar-refractivity contribution in [2.75, 3.05) is 7.11 Å². The van der Waals surface area contributed by atoms with Gasteiger partial charge in [0.25, 0.3) is 5.72 Å². The van der Waals surface area contributed by atoms with Crippen molar-refractivity contribution in [1.29, 1.82) is 0 Å². The van der Waals surface area contributed by atoms with Crippen molar-refractivity contribution < 1.29 is 33.6 Å². The van der Waals surface area contributed by atoms with Gasteiger partial charge in [0, 0.05) is 17.0 Å². The lowest BCUT2D eigenvalue weighted by atomic mass is 9.92. The lowest BCUT2D eigenvalue weighted by Gasteiger charge is -2.47. The number of cyclic esters (lactones) is 1. The summed E-state index contributed by atoms with van der Waals surface area (Å²) in [6.07, 6.45) is 0.359. The zero-order valence-electron chi connectivity index (χ0n) is 13.6. The number of hydrogen-bond donors (Lipinski definition) is 0. The Labute approximate surface area is 153 Å². The molecule has 26 heavy (non-hydrogen) atoms. The molecule has 3 aliphatic heterocycles. The third kappa shape index (κ3) is 2.22. The molecule has 0 spiro atoms. The number of carbonyl (C=O) groups excluding carboxylic acids is 3. The highest BCUT2D eigenvalue weighted by molar-refractivity contribution is 6.31. The van der Waals surface area contributed by atoms with Gasteiger partial charge in [-0.05, 0) is 12.5 Å². The van der Waals surface area contributed by atoms with Crippen LogP contribution < -0.4 is 0 Å². The topological polar surface area (TPSA) is 91.4 Å². The first-order chi connectivity index (χ1) is 12.5. The molecule has 1 amide bonds. The van der Waals surface area contributed by atoms with Crippen molar-refractivity contribution in [1.82, 2.24) is 4.90 Å². The van der Waals surface area contributed by atoms with Crippen molar-refractivity contribution in [3.8, 4) is 0 Å². The molecule has 3 heterocycles. The number of esters is 1. The van der Waals surface area contributed by atoms with Gasteiger partial charge in [-0.3, -0.25) is 14.6 Å². The number of hydrogen-bond acceptors (Lipinski definition) is 7. The smallest absolute Gasteiger partial charge is 0.364 e. The average molecular weight is 380 g/mol. The van der Waals surface area contributed by atoms with E-state index in [2.05, 4.69) is 0 Å². The van der Waals surface area contributed by atoms with Gasteiger partial charge in [0.1, 0.15) is 11.8 Å². The maximum Gasteiger partial charge on any atom is 0.364 e. The minimum absolute atomic E-state index is 0.127. The molecule has 1 aromatic rings. The summed E-state index contributed by atoms with van der Waals surface area (Å²) in [6.45, 7) is 0. The monoisotopic (exact) mass is 379 g/mol. The molecule has 1 aromatic carbocycles. The fourth-order valence-corrected chi connectivity index (χ4v) is 3.87. The third-order valence-corrected chi connectivity index (χ3v) is 5.03. The number of methoxy groups -OCH3 is 1. The zero-order valence-corrected chi connectivity index (χ0v) is 14.4. The Bertz CT molecular complexity index is 838. The largest absolute Gasteiger partial charge is 0.497 e. The minimum atomic E-state index is -1.78. The van der Waals surface area contributed by atoms with E-state index in [1.54, 1.807) is 24.3 Å². The Morgan fingerprint density at radius 1 is 1.27 bits per heavy atom. The molecule has 2 unspecified atom stereocenters. The zero-order chi connectivity index (χ0) is 18.5. The summed E-state index contributed by atoms with van der Waals surface area (Å²) in [6, 6.07) is 5.73. The summed E-state index contributed by atoms with van der Waals surface area (Å²) in [7, 11) is 1.36. The molecule has 4 rings (SSSR count). The van der Waals surface area contributed by atoms with Gasteiger partial charge in [0.2, 0.25) is 12.0 Å². The van der Waals surface area contributed by atoms with Gasteiger partial charge in [0.15, 0.2) is 0 Å². The van der Waals surface area contributed by atoms with E-state index in [0.717, 1.165) is 6.08 Å². The van der Waals surface area contributed by atoms with Crippen molar-refractivity contribution in [3.05, 3.63) is 46.7 Å². The number of carbonyl (C=O) groups is 3. The highest BCUT2D eigenvalue weighted by Crippen LogP contribution is 2.49. The lowest BCUT2D eigenvalue weighted by Crippen LogP contribution is -2.65. The molecule has 136 valence electrons. The standard InChI is InChI=1S/C17H14ClNO7/c1-23-12-8-14(21)24-15(12)17(9-4-2-3-5-10(9)18)19-11(6-7-13(19)20)16(22)25-26-17/h2-5,8,11,15H,6-7H2,1H3/t11-,15?,17?/m0/s1. The summed E-state index contributed by atoms with van der Waals surface area (Å²) in [4.78, 5) is 48.3. The quantitative estimate of drug-likeness (QED) is 0.579. The summed E-state index contributed by atoms with van der Waals surface area (Å²) >= 11 is 6.37. The maximum atomic E-state index is 12.7. The molecule has 2 fully saturated rings. The van der Waals surface area contributed by atoms with Crippen LogP contribution >= 0.6 is 11.6 Å². The number of ether oxygens (including phenoxy) is 2. The van der Waals surface area contributed by atoms with E-state index < -0.39 is 29.8 Å². The van der Waals surface area contributed by atoms with E-state index in [1.165, 1.54) is 12.0 Å². The van der Waals surface area contributed by atoms with Crippen LogP contribution in [0, 0.1) is 0 Å². The molecule has 0 aliphatic carbocycles. The molecule has 0 radical (unpaired) electrons. The van der Waals surface area contributed by atoms with Gasteiger partial charge in [-0.1, -0.05) is 29.8 Å². The van der Waals surface area contributed by atoms with E-state index in [0.29, 0.717) is 5.56 Å². The number of rotatable bonds is 3. The molecule has 8 nitrogen and oxygen atoms in total. The van der Waals surface area contributed by atoms with Crippen LogP contribution in [0.3, 0.4) is 0 Å².